The lowest BCUT2D eigenvalue weighted by Gasteiger charge is -2.02. The minimum atomic E-state index is -0.518. The molecule has 116 valence electrons. The van der Waals surface area contributed by atoms with E-state index < -0.39 is 4.92 Å². The molecule has 1 heterocycles. The Bertz CT molecular complexity index is 944. The van der Waals surface area contributed by atoms with Gasteiger partial charge < -0.3 is 5.11 Å². The molecule has 0 unspecified atom stereocenters. The van der Waals surface area contributed by atoms with E-state index in [0.29, 0.717) is 0 Å². The molecule has 3 aromatic rings. The zero-order valence-corrected chi connectivity index (χ0v) is 12.6. The van der Waals surface area contributed by atoms with Crippen LogP contribution in [0.3, 0.4) is 0 Å². The summed E-state index contributed by atoms with van der Waals surface area (Å²) in [6, 6.07) is 7.74. The van der Waals surface area contributed by atoms with Crippen LogP contribution in [-0.2, 0) is 0 Å². The van der Waals surface area contributed by atoms with Gasteiger partial charge in [-0.25, -0.2) is 9.66 Å². The van der Waals surface area contributed by atoms with Gasteiger partial charge in [-0.3, -0.25) is 10.1 Å². The Hall–Kier alpha value is -3.22. The number of phenols is 1. The van der Waals surface area contributed by atoms with Crippen LogP contribution < -0.4 is 0 Å². The second-order valence-corrected chi connectivity index (χ2v) is 5.26. The van der Waals surface area contributed by atoms with Crippen LogP contribution in [0.5, 0.6) is 5.75 Å². The highest BCUT2D eigenvalue weighted by Crippen LogP contribution is 2.22. The highest BCUT2D eigenvalue weighted by Gasteiger charge is 2.09. The van der Waals surface area contributed by atoms with Crippen LogP contribution in [0.15, 0.2) is 41.8 Å². The van der Waals surface area contributed by atoms with E-state index in [9.17, 15) is 15.2 Å². The molecule has 0 atom stereocenters. The van der Waals surface area contributed by atoms with E-state index in [1.54, 1.807) is 11.0 Å². The summed E-state index contributed by atoms with van der Waals surface area (Å²) in [5.74, 6) is -0.0733. The van der Waals surface area contributed by atoms with E-state index in [2.05, 4.69) is 10.1 Å². The van der Waals surface area contributed by atoms with Gasteiger partial charge in [0, 0.05) is 17.7 Å². The van der Waals surface area contributed by atoms with Gasteiger partial charge in [0.2, 0.25) is 0 Å². The van der Waals surface area contributed by atoms with Crippen molar-refractivity contribution in [3.63, 3.8) is 0 Å². The second kappa shape index (κ2) is 5.53. The van der Waals surface area contributed by atoms with Crippen molar-refractivity contribution in [3.8, 4) is 5.75 Å². The predicted octanol–water partition coefficient (Wildman–Crippen LogP) is 3.15. The van der Waals surface area contributed by atoms with Crippen LogP contribution in [0.25, 0.3) is 11.0 Å². The summed E-state index contributed by atoms with van der Waals surface area (Å²) in [6.45, 7) is 4.01. The first-order valence-electron chi connectivity index (χ1n) is 6.92. The number of nitro benzene ring substituents is 1. The van der Waals surface area contributed by atoms with Gasteiger partial charge in [0.25, 0.3) is 5.69 Å². The number of rotatable bonds is 3. The number of aromatic hydroxyl groups is 1. The van der Waals surface area contributed by atoms with Crippen molar-refractivity contribution in [3.05, 3.63) is 63.5 Å². The SMILES string of the molecule is Cc1cc2ncn(N=Cc3cc([N+](=O)[O-])ccc3O)c2cc1C. The highest BCUT2D eigenvalue weighted by atomic mass is 16.6. The first-order chi connectivity index (χ1) is 11.0. The van der Waals surface area contributed by atoms with Gasteiger partial charge in [0.05, 0.1) is 22.2 Å². The molecule has 0 saturated heterocycles. The zero-order chi connectivity index (χ0) is 16.6. The maximum absolute atomic E-state index is 10.8. The fourth-order valence-corrected chi connectivity index (χ4v) is 2.23. The number of nitro groups is 1. The first-order valence-corrected chi connectivity index (χ1v) is 6.92. The molecule has 0 radical (unpaired) electrons. The highest BCUT2D eigenvalue weighted by molar-refractivity contribution is 5.85. The molecule has 0 spiro atoms. The molecule has 0 saturated carbocycles. The summed E-state index contributed by atoms with van der Waals surface area (Å²) in [4.78, 5) is 14.6. The monoisotopic (exact) mass is 310 g/mol. The van der Waals surface area contributed by atoms with E-state index in [1.165, 1.54) is 24.4 Å². The first kappa shape index (κ1) is 14.7. The average molecular weight is 310 g/mol. The zero-order valence-electron chi connectivity index (χ0n) is 12.6. The number of imidazole rings is 1. The summed E-state index contributed by atoms with van der Waals surface area (Å²) in [6.07, 6.45) is 2.94. The largest absolute Gasteiger partial charge is 0.507 e. The van der Waals surface area contributed by atoms with Gasteiger partial charge in [0.1, 0.15) is 12.1 Å². The van der Waals surface area contributed by atoms with Crippen molar-refractivity contribution in [1.29, 1.82) is 0 Å². The fourth-order valence-electron chi connectivity index (χ4n) is 2.23. The van der Waals surface area contributed by atoms with Crippen LogP contribution in [0.1, 0.15) is 16.7 Å². The topological polar surface area (TPSA) is 93.5 Å². The Morgan fingerprint density at radius 1 is 1.26 bits per heavy atom. The number of nitrogens with zero attached hydrogens (tertiary/aromatic N) is 4. The number of aromatic nitrogens is 2. The Balaban J connectivity index is 2.02. The van der Waals surface area contributed by atoms with Crippen molar-refractivity contribution < 1.29 is 10.0 Å². The molecule has 0 aliphatic heterocycles. The normalized spacial score (nSPS) is 11.4. The van der Waals surface area contributed by atoms with Crippen molar-refractivity contribution in [2.75, 3.05) is 0 Å². The molecule has 1 N–H and O–H groups in total. The molecule has 2 aromatic carbocycles. The lowest BCUT2D eigenvalue weighted by atomic mass is 10.1. The van der Waals surface area contributed by atoms with Gasteiger partial charge in [-0.15, -0.1) is 0 Å². The van der Waals surface area contributed by atoms with E-state index in [0.717, 1.165) is 22.2 Å². The van der Waals surface area contributed by atoms with Gasteiger partial charge in [-0.1, -0.05) is 0 Å². The van der Waals surface area contributed by atoms with Crippen LogP contribution in [0.2, 0.25) is 0 Å². The molecule has 0 bridgehead atoms. The lowest BCUT2D eigenvalue weighted by molar-refractivity contribution is -0.384. The fraction of sp³-hybridized carbons (Fsp3) is 0.125. The third kappa shape index (κ3) is 2.76. The standard InChI is InChI=1S/C16H14N4O3/c1-10-5-14-15(6-11(10)2)19(9-17-14)18-8-12-7-13(20(22)23)3-4-16(12)21/h3-9,21H,1-2H3. The molecule has 7 heteroatoms. The van der Waals surface area contributed by atoms with Crippen molar-refractivity contribution in [2.24, 2.45) is 5.10 Å². The molecule has 0 aliphatic carbocycles. The summed E-state index contributed by atoms with van der Waals surface area (Å²) in [5.41, 5.74) is 4.06. The number of aryl methyl sites for hydroxylation is 2. The molecule has 7 nitrogen and oxygen atoms in total. The predicted molar refractivity (Wildman–Crippen MR) is 87.0 cm³/mol. The number of benzene rings is 2. The molecule has 0 fully saturated rings. The van der Waals surface area contributed by atoms with Gasteiger partial charge in [0.15, 0.2) is 0 Å². The lowest BCUT2D eigenvalue weighted by Crippen LogP contribution is -1.93. The molecular weight excluding hydrogens is 296 g/mol. The Labute approximate surface area is 131 Å². The minimum Gasteiger partial charge on any atom is -0.507 e. The molecule has 0 amide bonds. The van der Waals surface area contributed by atoms with Crippen LogP contribution in [-0.4, -0.2) is 25.9 Å². The number of fused-ring (bicyclic) bond motifs is 1. The molecule has 0 aliphatic rings. The third-order valence-corrected chi connectivity index (χ3v) is 3.69. The van der Waals surface area contributed by atoms with Gasteiger partial charge in [-0.05, 0) is 43.2 Å². The van der Waals surface area contributed by atoms with E-state index in [-0.39, 0.29) is 17.0 Å². The second-order valence-electron chi connectivity index (χ2n) is 5.26. The number of hydrogen-bond acceptors (Lipinski definition) is 5. The Morgan fingerprint density at radius 2 is 2.00 bits per heavy atom. The van der Waals surface area contributed by atoms with E-state index in [4.69, 9.17) is 0 Å². The maximum atomic E-state index is 10.8. The van der Waals surface area contributed by atoms with Gasteiger partial charge >= 0.3 is 0 Å². The molecular formula is C16H14N4O3. The Kier molecular flexibility index (Phi) is 3.53. The average Bonchev–Trinajstić information content (AvgIpc) is 2.89. The molecule has 3 rings (SSSR count). The van der Waals surface area contributed by atoms with Crippen molar-refractivity contribution >= 4 is 22.9 Å². The smallest absolute Gasteiger partial charge is 0.270 e. The summed E-state index contributed by atoms with van der Waals surface area (Å²) < 4.78 is 1.57. The van der Waals surface area contributed by atoms with Crippen LogP contribution in [0.4, 0.5) is 5.69 Å². The van der Waals surface area contributed by atoms with E-state index >= 15 is 0 Å². The van der Waals surface area contributed by atoms with Crippen molar-refractivity contribution in [2.45, 2.75) is 13.8 Å². The molecule has 1 aromatic heterocycles. The number of hydrogen-bond donors (Lipinski definition) is 1. The Morgan fingerprint density at radius 3 is 2.74 bits per heavy atom. The summed E-state index contributed by atoms with van der Waals surface area (Å²) >= 11 is 0. The quantitative estimate of drug-likeness (QED) is 0.457. The van der Waals surface area contributed by atoms with Crippen LogP contribution in [0, 0.1) is 24.0 Å². The molecule has 23 heavy (non-hydrogen) atoms. The van der Waals surface area contributed by atoms with Gasteiger partial charge in [-0.2, -0.15) is 5.10 Å². The van der Waals surface area contributed by atoms with E-state index in [1.807, 2.05) is 26.0 Å². The summed E-state index contributed by atoms with van der Waals surface area (Å²) in [5, 5.41) is 24.8. The van der Waals surface area contributed by atoms with Crippen molar-refractivity contribution in [1.82, 2.24) is 9.66 Å². The number of non-ortho nitro benzene ring substituents is 1. The van der Waals surface area contributed by atoms with Crippen LogP contribution >= 0.6 is 0 Å². The minimum absolute atomic E-state index is 0.0733. The summed E-state index contributed by atoms with van der Waals surface area (Å²) in [7, 11) is 0. The third-order valence-electron chi connectivity index (χ3n) is 3.69. The number of phenolic OH excluding ortho intramolecular Hbond substituents is 1. The maximum Gasteiger partial charge on any atom is 0.270 e.